The first-order valence-electron chi connectivity index (χ1n) is 5.04. The molecule has 0 unspecified atom stereocenters. The molecule has 0 saturated carbocycles. The second kappa shape index (κ2) is 5.66. The van der Waals surface area contributed by atoms with E-state index >= 15 is 0 Å². The summed E-state index contributed by atoms with van der Waals surface area (Å²) in [6.45, 7) is 0. The molecule has 0 aliphatic heterocycles. The number of benzene rings is 2. The Hall–Kier alpha value is -1.47. The maximum absolute atomic E-state index is 13.3. The van der Waals surface area contributed by atoms with E-state index in [0.29, 0.717) is 5.75 Å². The van der Waals surface area contributed by atoms with Gasteiger partial charge < -0.3 is 4.74 Å². The van der Waals surface area contributed by atoms with E-state index < -0.39 is 16.4 Å². The maximum atomic E-state index is 13.3. The summed E-state index contributed by atoms with van der Waals surface area (Å²) in [5.74, 6) is -0.333. The van der Waals surface area contributed by atoms with Crippen LogP contribution >= 0.6 is 31.9 Å². The average molecular weight is 391 g/mol. The molecule has 0 heterocycles. The molecule has 0 aliphatic carbocycles. The van der Waals surface area contributed by atoms with Gasteiger partial charge in [-0.1, -0.05) is 22.0 Å². The number of hydrogen-bond acceptors (Lipinski definition) is 3. The third-order valence-corrected chi connectivity index (χ3v) is 3.32. The smallest absolute Gasteiger partial charge is 0.314 e. The van der Waals surface area contributed by atoms with Crippen LogP contribution in [-0.2, 0) is 0 Å². The Kier molecular flexibility index (Phi) is 4.16. The molecular formula is C12H6Br2FNO3. The lowest BCUT2D eigenvalue weighted by Crippen LogP contribution is -1.95. The molecule has 0 amide bonds. The van der Waals surface area contributed by atoms with Crippen molar-refractivity contribution in [3.8, 4) is 11.5 Å². The molecule has 0 bridgehead atoms. The van der Waals surface area contributed by atoms with Gasteiger partial charge in [0.05, 0.1) is 15.5 Å². The van der Waals surface area contributed by atoms with Crippen LogP contribution < -0.4 is 4.74 Å². The van der Waals surface area contributed by atoms with Gasteiger partial charge >= 0.3 is 5.69 Å². The van der Waals surface area contributed by atoms with Gasteiger partial charge in [0.15, 0.2) is 0 Å². The summed E-state index contributed by atoms with van der Waals surface area (Å²) in [6.07, 6.45) is 0. The van der Waals surface area contributed by atoms with Crippen LogP contribution in [-0.4, -0.2) is 4.92 Å². The molecule has 0 spiro atoms. The normalized spacial score (nSPS) is 10.3. The van der Waals surface area contributed by atoms with Gasteiger partial charge in [-0.2, -0.15) is 0 Å². The summed E-state index contributed by atoms with van der Waals surface area (Å²) in [7, 11) is 0. The van der Waals surface area contributed by atoms with Crippen LogP contribution in [0.4, 0.5) is 10.1 Å². The van der Waals surface area contributed by atoms with E-state index in [0.717, 1.165) is 10.5 Å². The van der Waals surface area contributed by atoms with Crippen molar-refractivity contribution in [3.63, 3.8) is 0 Å². The van der Waals surface area contributed by atoms with Crippen molar-refractivity contribution in [2.45, 2.75) is 0 Å². The Morgan fingerprint density at radius 3 is 2.58 bits per heavy atom. The van der Waals surface area contributed by atoms with Crippen LogP contribution in [0.2, 0.25) is 0 Å². The molecule has 19 heavy (non-hydrogen) atoms. The van der Waals surface area contributed by atoms with E-state index in [-0.39, 0.29) is 10.2 Å². The summed E-state index contributed by atoms with van der Waals surface area (Å²) in [6, 6.07) is 8.87. The summed E-state index contributed by atoms with van der Waals surface area (Å²) < 4.78 is 19.6. The first kappa shape index (κ1) is 14.0. The Labute approximate surface area is 124 Å². The van der Waals surface area contributed by atoms with Gasteiger partial charge in [-0.3, -0.25) is 10.1 Å². The molecule has 0 N–H and O–H groups in total. The monoisotopic (exact) mass is 389 g/mol. The minimum absolute atomic E-state index is 0.0311. The van der Waals surface area contributed by atoms with E-state index in [2.05, 4.69) is 31.9 Å². The molecule has 0 saturated heterocycles. The molecule has 0 aliphatic rings. The molecule has 0 radical (unpaired) electrons. The van der Waals surface area contributed by atoms with Crippen LogP contribution in [0.5, 0.6) is 11.5 Å². The van der Waals surface area contributed by atoms with E-state index in [1.54, 1.807) is 24.3 Å². The fourth-order valence-electron chi connectivity index (χ4n) is 1.40. The zero-order valence-electron chi connectivity index (χ0n) is 9.27. The Morgan fingerprint density at radius 1 is 1.21 bits per heavy atom. The summed E-state index contributed by atoms with van der Waals surface area (Å²) in [4.78, 5) is 10.2. The predicted octanol–water partition coefficient (Wildman–Crippen LogP) is 5.05. The van der Waals surface area contributed by atoms with Gasteiger partial charge in [-0.25, -0.2) is 4.39 Å². The maximum Gasteiger partial charge on any atom is 0.314 e. The Bertz CT molecular complexity index is 649. The minimum Gasteiger partial charge on any atom is -0.450 e. The van der Waals surface area contributed by atoms with Gasteiger partial charge in [0.2, 0.25) is 5.75 Å². The lowest BCUT2D eigenvalue weighted by molar-refractivity contribution is -0.385. The van der Waals surface area contributed by atoms with E-state index in [1.165, 1.54) is 6.07 Å². The molecule has 7 heteroatoms. The standard InChI is InChI=1S/C12H6Br2FNO3/c13-7-2-1-3-8(4-7)19-12-5-9(14)10(15)6-11(12)16(17)18/h1-6H. The Balaban J connectivity index is 2.44. The van der Waals surface area contributed by atoms with Crippen molar-refractivity contribution >= 4 is 37.5 Å². The highest BCUT2D eigenvalue weighted by atomic mass is 79.9. The molecule has 0 fully saturated rings. The molecule has 0 aromatic heterocycles. The first-order valence-corrected chi connectivity index (χ1v) is 6.63. The zero-order valence-corrected chi connectivity index (χ0v) is 12.4. The fourth-order valence-corrected chi connectivity index (χ4v) is 2.10. The number of nitrogens with zero attached hydrogens (tertiary/aromatic N) is 1. The van der Waals surface area contributed by atoms with Crippen LogP contribution in [0.15, 0.2) is 45.3 Å². The van der Waals surface area contributed by atoms with Crippen molar-refractivity contribution in [2.75, 3.05) is 0 Å². The zero-order chi connectivity index (χ0) is 14.0. The molecule has 2 aromatic carbocycles. The largest absolute Gasteiger partial charge is 0.450 e. The van der Waals surface area contributed by atoms with E-state index in [1.807, 2.05) is 0 Å². The van der Waals surface area contributed by atoms with Crippen molar-refractivity contribution in [2.24, 2.45) is 0 Å². The lowest BCUT2D eigenvalue weighted by Gasteiger charge is -2.07. The van der Waals surface area contributed by atoms with Crippen LogP contribution in [0.25, 0.3) is 0 Å². The van der Waals surface area contributed by atoms with Crippen LogP contribution in [0, 0.1) is 15.9 Å². The Morgan fingerprint density at radius 2 is 1.95 bits per heavy atom. The molecule has 4 nitrogen and oxygen atoms in total. The fraction of sp³-hybridized carbons (Fsp3) is 0. The van der Waals surface area contributed by atoms with E-state index in [9.17, 15) is 14.5 Å². The number of ether oxygens (including phenoxy) is 1. The number of nitro groups is 1. The summed E-state index contributed by atoms with van der Waals surface area (Å²) in [5, 5.41) is 10.9. The second-order valence-corrected chi connectivity index (χ2v) is 5.32. The molecule has 2 rings (SSSR count). The molecule has 98 valence electrons. The highest BCUT2D eigenvalue weighted by Crippen LogP contribution is 2.36. The topological polar surface area (TPSA) is 52.4 Å². The van der Waals surface area contributed by atoms with Gasteiger partial charge in [-0.05, 0) is 34.1 Å². The third kappa shape index (κ3) is 3.30. The van der Waals surface area contributed by atoms with Gasteiger partial charge in [0.1, 0.15) is 11.6 Å². The molecule has 2 aromatic rings. The predicted molar refractivity (Wildman–Crippen MR) is 75.0 cm³/mol. The third-order valence-electron chi connectivity index (χ3n) is 2.22. The van der Waals surface area contributed by atoms with Crippen molar-refractivity contribution in [3.05, 3.63) is 61.3 Å². The number of nitro benzene ring substituents is 1. The number of hydrogen-bond donors (Lipinski definition) is 0. The average Bonchev–Trinajstić information content (AvgIpc) is 2.33. The SMILES string of the molecule is O=[N+]([O-])c1cc(F)c(Br)cc1Oc1cccc(Br)c1. The van der Waals surface area contributed by atoms with Crippen molar-refractivity contribution < 1.29 is 14.1 Å². The lowest BCUT2D eigenvalue weighted by atomic mass is 10.3. The van der Waals surface area contributed by atoms with E-state index in [4.69, 9.17) is 4.74 Å². The number of rotatable bonds is 3. The highest BCUT2D eigenvalue weighted by Gasteiger charge is 2.19. The highest BCUT2D eigenvalue weighted by molar-refractivity contribution is 9.10. The first-order chi connectivity index (χ1) is 8.97. The van der Waals surface area contributed by atoms with Crippen molar-refractivity contribution in [1.82, 2.24) is 0 Å². The quantitative estimate of drug-likeness (QED) is 0.544. The second-order valence-electron chi connectivity index (χ2n) is 3.55. The molecule has 0 atom stereocenters. The van der Waals surface area contributed by atoms with Crippen LogP contribution in [0.1, 0.15) is 0 Å². The summed E-state index contributed by atoms with van der Waals surface area (Å²) >= 11 is 6.24. The summed E-state index contributed by atoms with van der Waals surface area (Å²) in [5.41, 5.74) is -0.430. The van der Waals surface area contributed by atoms with Gasteiger partial charge in [-0.15, -0.1) is 0 Å². The molecular weight excluding hydrogens is 385 g/mol. The van der Waals surface area contributed by atoms with Crippen LogP contribution in [0.3, 0.4) is 0 Å². The van der Waals surface area contributed by atoms with Crippen molar-refractivity contribution in [1.29, 1.82) is 0 Å². The van der Waals surface area contributed by atoms with Gasteiger partial charge in [0, 0.05) is 10.5 Å². The van der Waals surface area contributed by atoms with Gasteiger partial charge in [0.25, 0.3) is 0 Å². The number of halogens is 3. The minimum atomic E-state index is -0.715.